The molecule has 21 heavy (non-hydrogen) atoms. The minimum Gasteiger partial charge on any atom is -0.356 e. The van der Waals surface area contributed by atoms with E-state index in [9.17, 15) is 9.59 Å². The zero-order valence-corrected chi connectivity index (χ0v) is 12.1. The first kappa shape index (κ1) is 15.4. The Labute approximate surface area is 123 Å². The number of rotatable bonds is 7. The van der Waals surface area contributed by atoms with Crippen molar-refractivity contribution in [2.45, 2.75) is 38.6 Å². The number of nitrogens with one attached hydrogen (secondary N) is 3. The molecule has 8 heteroatoms. The van der Waals surface area contributed by atoms with Crippen LogP contribution in [0.2, 0.25) is 0 Å². The third-order valence-electron chi connectivity index (χ3n) is 3.21. The van der Waals surface area contributed by atoms with Crippen LogP contribution in [0.1, 0.15) is 55.2 Å². The Bertz CT molecular complexity index is 482. The molecule has 0 aromatic carbocycles. The second-order valence-corrected chi connectivity index (χ2v) is 4.96. The fourth-order valence-corrected chi connectivity index (χ4v) is 2.09. The van der Waals surface area contributed by atoms with E-state index in [1.807, 2.05) is 6.92 Å². The number of hydrogen-bond acceptors (Lipinski definition) is 6. The normalized spacial score (nSPS) is 17.7. The van der Waals surface area contributed by atoms with Crippen molar-refractivity contribution in [2.75, 3.05) is 19.6 Å². The monoisotopic (exact) mass is 295 g/mol. The molecule has 2 rings (SSSR count). The van der Waals surface area contributed by atoms with Gasteiger partial charge in [-0.2, -0.15) is 4.98 Å². The summed E-state index contributed by atoms with van der Waals surface area (Å²) < 4.78 is 5.09. The molecule has 2 amide bonds. The smallest absolute Gasteiger partial charge is 0.292 e. The number of amides is 2. The molecule has 1 fully saturated rings. The summed E-state index contributed by atoms with van der Waals surface area (Å²) in [5, 5.41) is 12.2. The van der Waals surface area contributed by atoms with E-state index < -0.39 is 5.91 Å². The van der Waals surface area contributed by atoms with Crippen molar-refractivity contribution in [3.05, 3.63) is 11.7 Å². The van der Waals surface area contributed by atoms with Gasteiger partial charge in [-0.25, -0.2) is 0 Å². The number of carbonyl (C=O) groups excluding carboxylic acids is 2. The van der Waals surface area contributed by atoms with E-state index in [0.717, 1.165) is 25.8 Å². The lowest BCUT2D eigenvalue weighted by Gasteiger charge is -2.04. The largest absolute Gasteiger partial charge is 0.356 e. The van der Waals surface area contributed by atoms with Crippen LogP contribution < -0.4 is 16.0 Å². The van der Waals surface area contributed by atoms with Crippen LogP contribution >= 0.6 is 0 Å². The van der Waals surface area contributed by atoms with Crippen LogP contribution in [0.4, 0.5) is 0 Å². The fraction of sp³-hybridized carbons (Fsp3) is 0.692. The minimum absolute atomic E-state index is 0.00710. The molecule has 1 unspecified atom stereocenters. The number of aromatic nitrogens is 2. The molecule has 2 heterocycles. The highest BCUT2D eigenvalue weighted by atomic mass is 16.5. The lowest BCUT2D eigenvalue weighted by Crippen LogP contribution is -2.31. The van der Waals surface area contributed by atoms with Gasteiger partial charge in [0.15, 0.2) is 0 Å². The van der Waals surface area contributed by atoms with Crippen molar-refractivity contribution in [1.29, 1.82) is 0 Å². The first-order valence-corrected chi connectivity index (χ1v) is 7.32. The lowest BCUT2D eigenvalue weighted by molar-refractivity contribution is -0.120. The van der Waals surface area contributed by atoms with Crippen molar-refractivity contribution in [2.24, 2.45) is 0 Å². The van der Waals surface area contributed by atoms with E-state index in [1.54, 1.807) is 0 Å². The van der Waals surface area contributed by atoms with Gasteiger partial charge in [0.2, 0.25) is 11.8 Å². The summed E-state index contributed by atoms with van der Waals surface area (Å²) in [6.45, 7) is 3.80. The van der Waals surface area contributed by atoms with E-state index in [1.165, 1.54) is 0 Å². The van der Waals surface area contributed by atoms with Gasteiger partial charge < -0.3 is 20.5 Å². The number of hydrogen-bond donors (Lipinski definition) is 3. The quantitative estimate of drug-likeness (QED) is 0.660. The first-order valence-electron chi connectivity index (χ1n) is 7.32. The molecule has 1 aliphatic rings. The van der Waals surface area contributed by atoms with E-state index >= 15 is 0 Å². The van der Waals surface area contributed by atoms with Gasteiger partial charge in [0, 0.05) is 19.5 Å². The summed E-state index contributed by atoms with van der Waals surface area (Å²) in [6.07, 6.45) is 3.11. The maximum Gasteiger partial charge on any atom is 0.292 e. The number of carbonyl (C=O) groups is 2. The highest BCUT2D eigenvalue weighted by Gasteiger charge is 2.24. The van der Waals surface area contributed by atoms with Crippen molar-refractivity contribution in [1.82, 2.24) is 26.1 Å². The van der Waals surface area contributed by atoms with Crippen molar-refractivity contribution in [3.8, 4) is 0 Å². The van der Waals surface area contributed by atoms with E-state index in [0.29, 0.717) is 12.4 Å². The lowest BCUT2D eigenvalue weighted by atomic mass is 10.2. The van der Waals surface area contributed by atoms with Crippen LogP contribution in [0.15, 0.2) is 4.52 Å². The maximum absolute atomic E-state index is 11.8. The van der Waals surface area contributed by atoms with Gasteiger partial charge in [-0.05, 0) is 25.8 Å². The van der Waals surface area contributed by atoms with E-state index in [2.05, 4.69) is 26.1 Å². The Morgan fingerprint density at radius 3 is 2.95 bits per heavy atom. The third kappa shape index (κ3) is 4.52. The van der Waals surface area contributed by atoms with Gasteiger partial charge in [-0.1, -0.05) is 12.1 Å². The Morgan fingerprint density at radius 1 is 1.38 bits per heavy atom. The molecule has 116 valence electrons. The predicted molar refractivity (Wildman–Crippen MR) is 74.5 cm³/mol. The van der Waals surface area contributed by atoms with Gasteiger partial charge in [0.05, 0.1) is 6.04 Å². The van der Waals surface area contributed by atoms with Crippen LogP contribution in [0.25, 0.3) is 0 Å². The topological polar surface area (TPSA) is 109 Å². The van der Waals surface area contributed by atoms with Crippen molar-refractivity contribution >= 4 is 11.8 Å². The molecule has 1 atom stereocenters. The summed E-state index contributed by atoms with van der Waals surface area (Å²) >= 11 is 0. The summed E-state index contributed by atoms with van der Waals surface area (Å²) in [5.74, 6) is -0.0570. The Balaban J connectivity index is 1.74. The zero-order chi connectivity index (χ0) is 15.1. The Hall–Kier alpha value is -1.96. The summed E-state index contributed by atoms with van der Waals surface area (Å²) in [6, 6.07) is 0.0406. The average Bonchev–Trinajstić information content (AvgIpc) is 3.15. The van der Waals surface area contributed by atoms with Crippen molar-refractivity contribution < 1.29 is 14.1 Å². The first-order chi connectivity index (χ1) is 10.2. The second kappa shape index (κ2) is 7.72. The average molecular weight is 295 g/mol. The standard InChI is InChI=1S/C13H21N5O3/c1-2-6-15-10(19)5-8-16-12(20)11-17-13(21-18-11)9-4-3-7-14-9/h9,14H,2-8H2,1H3,(H,15,19)(H,16,20). The van der Waals surface area contributed by atoms with Gasteiger partial charge in [0.25, 0.3) is 11.7 Å². The molecule has 0 saturated carbocycles. The summed E-state index contributed by atoms with van der Waals surface area (Å²) in [4.78, 5) is 27.3. The van der Waals surface area contributed by atoms with E-state index in [-0.39, 0.29) is 30.7 Å². The predicted octanol–water partition coefficient (Wildman–Crippen LogP) is 0.140. The Morgan fingerprint density at radius 2 is 2.24 bits per heavy atom. The molecule has 3 N–H and O–H groups in total. The molecular weight excluding hydrogens is 274 g/mol. The second-order valence-electron chi connectivity index (χ2n) is 4.96. The van der Waals surface area contributed by atoms with Gasteiger partial charge in [-0.15, -0.1) is 0 Å². The minimum atomic E-state index is -0.425. The summed E-state index contributed by atoms with van der Waals surface area (Å²) in [7, 11) is 0. The van der Waals surface area contributed by atoms with E-state index in [4.69, 9.17) is 4.52 Å². The molecule has 1 aromatic rings. The van der Waals surface area contributed by atoms with Gasteiger partial charge in [-0.3, -0.25) is 9.59 Å². The third-order valence-corrected chi connectivity index (χ3v) is 3.21. The molecule has 8 nitrogen and oxygen atoms in total. The molecule has 0 radical (unpaired) electrons. The highest BCUT2D eigenvalue weighted by Crippen LogP contribution is 2.20. The highest BCUT2D eigenvalue weighted by molar-refractivity contribution is 5.90. The molecule has 0 bridgehead atoms. The van der Waals surface area contributed by atoms with Crippen LogP contribution in [-0.4, -0.2) is 41.6 Å². The van der Waals surface area contributed by atoms with Gasteiger partial charge >= 0.3 is 0 Å². The van der Waals surface area contributed by atoms with Gasteiger partial charge in [0.1, 0.15) is 0 Å². The van der Waals surface area contributed by atoms with Crippen LogP contribution in [-0.2, 0) is 4.79 Å². The Kier molecular flexibility index (Phi) is 5.68. The molecule has 1 aromatic heterocycles. The van der Waals surface area contributed by atoms with Crippen LogP contribution in [0, 0.1) is 0 Å². The molecule has 1 aliphatic heterocycles. The molecule has 0 spiro atoms. The molecular formula is C13H21N5O3. The summed E-state index contributed by atoms with van der Waals surface area (Å²) in [5.41, 5.74) is 0. The number of nitrogens with zero attached hydrogens (tertiary/aromatic N) is 2. The molecule has 0 aliphatic carbocycles. The van der Waals surface area contributed by atoms with Crippen LogP contribution in [0.3, 0.4) is 0 Å². The maximum atomic E-state index is 11.8. The zero-order valence-electron chi connectivity index (χ0n) is 12.1. The van der Waals surface area contributed by atoms with Crippen LogP contribution in [0.5, 0.6) is 0 Å². The SMILES string of the molecule is CCCNC(=O)CCNC(=O)c1noc(C2CCCN2)n1. The fourth-order valence-electron chi connectivity index (χ4n) is 2.09. The van der Waals surface area contributed by atoms with Crippen molar-refractivity contribution in [3.63, 3.8) is 0 Å². The molecule has 1 saturated heterocycles.